The van der Waals surface area contributed by atoms with Crippen molar-refractivity contribution in [2.24, 2.45) is 0 Å². The molecule has 2 atom stereocenters. The Kier molecular flexibility index (Phi) is 6.94. The van der Waals surface area contributed by atoms with Gasteiger partial charge in [-0.2, -0.15) is 0 Å². The van der Waals surface area contributed by atoms with E-state index in [2.05, 4.69) is 0 Å². The van der Waals surface area contributed by atoms with Crippen LogP contribution in [0.25, 0.3) is 6.08 Å². The fourth-order valence-electron chi connectivity index (χ4n) is 2.33. The average Bonchev–Trinajstić information content (AvgIpc) is 2.62. The summed E-state index contributed by atoms with van der Waals surface area (Å²) < 4.78 is 12.1. The van der Waals surface area contributed by atoms with E-state index in [0.29, 0.717) is 5.75 Å². The molecule has 0 aliphatic rings. The van der Waals surface area contributed by atoms with Crippen LogP contribution in [0.3, 0.4) is 0 Å². The summed E-state index contributed by atoms with van der Waals surface area (Å²) in [5.41, 5.74) is 2.14. The van der Waals surface area contributed by atoms with Crippen LogP contribution in [-0.2, 0) is 15.6 Å². The second-order valence-electron chi connectivity index (χ2n) is 5.66. The van der Waals surface area contributed by atoms with Gasteiger partial charge in [-0.05, 0) is 18.1 Å². The lowest BCUT2D eigenvalue weighted by molar-refractivity contribution is -0.129. The minimum atomic E-state index is -1.20. The molecule has 0 spiro atoms. The maximum absolute atomic E-state index is 12.3. The number of rotatable bonds is 7. The largest absolute Gasteiger partial charge is 0.338 e. The standard InChI is InChI=1S/C20H23NO2S/c1-17(19-13-7-4-8-14-19)21(2)20(22)16-24(23)15-9-12-18-10-5-3-6-11-18/h3-14,17H,15-16H2,1-2H3. The third-order valence-corrected chi connectivity index (χ3v) is 5.07. The molecule has 2 aromatic carbocycles. The van der Waals surface area contributed by atoms with Crippen molar-refractivity contribution in [3.8, 4) is 0 Å². The SMILES string of the molecule is CC(c1ccccc1)N(C)C(=O)CS(=O)CC=Cc1ccccc1. The molecular formula is C20H23NO2S. The summed E-state index contributed by atoms with van der Waals surface area (Å²) in [6.45, 7) is 1.98. The van der Waals surface area contributed by atoms with Gasteiger partial charge in [0.2, 0.25) is 5.91 Å². The van der Waals surface area contributed by atoms with E-state index in [1.807, 2.05) is 79.7 Å². The van der Waals surface area contributed by atoms with Crippen LogP contribution in [0.4, 0.5) is 0 Å². The summed E-state index contributed by atoms with van der Waals surface area (Å²) in [6.07, 6.45) is 3.79. The Morgan fingerprint density at radius 2 is 1.67 bits per heavy atom. The van der Waals surface area contributed by atoms with Crippen molar-refractivity contribution < 1.29 is 9.00 Å². The van der Waals surface area contributed by atoms with Gasteiger partial charge in [0, 0.05) is 23.6 Å². The highest BCUT2D eigenvalue weighted by atomic mass is 32.2. The van der Waals surface area contributed by atoms with E-state index in [0.717, 1.165) is 11.1 Å². The number of amides is 1. The summed E-state index contributed by atoms with van der Waals surface area (Å²) in [6, 6.07) is 19.7. The van der Waals surface area contributed by atoms with Crippen molar-refractivity contribution >= 4 is 22.8 Å². The van der Waals surface area contributed by atoms with Gasteiger partial charge in [0.25, 0.3) is 0 Å². The second kappa shape index (κ2) is 9.18. The van der Waals surface area contributed by atoms with Crippen molar-refractivity contribution in [3.63, 3.8) is 0 Å². The van der Waals surface area contributed by atoms with Crippen molar-refractivity contribution in [1.29, 1.82) is 0 Å². The molecule has 3 nitrogen and oxygen atoms in total. The second-order valence-corrected chi connectivity index (χ2v) is 7.16. The number of carbonyl (C=O) groups excluding carboxylic acids is 1. The van der Waals surface area contributed by atoms with Gasteiger partial charge >= 0.3 is 0 Å². The highest BCUT2D eigenvalue weighted by Gasteiger charge is 2.18. The van der Waals surface area contributed by atoms with Gasteiger partial charge in [-0.3, -0.25) is 9.00 Å². The van der Waals surface area contributed by atoms with Gasteiger partial charge in [-0.1, -0.05) is 72.8 Å². The van der Waals surface area contributed by atoms with E-state index >= 15 is 0 Å². The smallest absolute Gasteiger partial charge is 0.235 e. The first-order valence-corrected chi connectivity index (χ1v) is 9.44. The van der Waals surface area contributed by atoms with Crippen LogP contribution in [0.5, 0.6) is 0 Å². The van der Waals surface area contributed by atoms with Crippen LogP contribution in [0.1, 0.15) is 24.1 Å². The highest BCUT2D eigenvalue weighted by molar-refractivity contribution is 7.85. The first-order chi connectivity index (χ1) is 11.6. The molecule has 126 valence electrons. The number of hydrogen-bond donors (Lipinski definition) is 0. The molecule has 24 heavy (non-hydrogen) atoms. The molecule has 0 aliphatic heterocycles. The molecule has 0 radical (unpaired) electrons. The Balaban J connectivity index is 1.84. The zero-order chi connectivity index (χ0) is 17.4. The lowest BCUT2D eigenvalue weighted by atomic mass is 10.1. The fourth-order valence-corrected chi connectivity index (χ4v) is 3.23. The van der Waals surface area contributed by atoms with E-state index in [1.54, 1.807) is 11.9 Å². The Morgan fingerprint density at radius 1 is 1.08 bits per heavy atom. The maximum Gasteiger partial charge on any atom is 0.235 e. The van der Waals surface area contributed by atoms with E-state index in [-0.39, 0.29) is 17.7 Å². The van der Waals surface area contributed by atoms with Gasteiger partial charge in [-0.25, -0.2) is 0 Å². The Morgan fingerprint density at radius 3 is 2.29 bits per heavy atom. The molecule has 0 bridgehead atoms. The topological polar surface area (TPSA) is 37.4 Å². The van der Waals surface area contributed by atoms with E-state index in [9.17, 15) is 9.00 Å². The van der Waals surface area contributed by atoms with Gasteiger partial charge in [0.05, 0.1) is 6.04 Å². The molecular weight excluding hydrogens is 318 g/mol. The third kappa shape index (κ3) is 5.46. The molecule has 2 rings (SSSR count). The maximum atomic E-state index is 12.3. The molecule has 0 N–H and O–H groups in total. The number of carbonyl (C=O) groups is 1. The number of hydrogen-bond acceptors (Lipinski definition) is 2. The number of nitrogens with zero attached hydrogens (tertiary/aromatic N) is 1. The first-order valence-electron chi connectivity index (χ1n) is 7.95. The van der Waals surface area contributed by atoms with Gasteiger partial charge in [0.15, 0.2) is 0 Å². The molecule has 0 fully saturated rings. The van der Waals surface area contributed by atoms with Crippen LogP contribution in [-0.4, -0.2) is 33.6 Å². The molecule has 0 saturated heterocycles. The monoisotopic (exact) mass is 341 g/mol. The minimum absolute atomic E-state index is 0.0319. The van der Waals surface area contributed by atoms with Crippen LogP contribution >= 0.6 is 0 Å². The zero-order valence-electron chi connectivity index (χ0n) is 14.1. The predicted molar refractivity (Wildman–Crippen MR) is 101 cm³/mol. The van der Waals surface area contributed by atoms with Crippen molar-refractivity contribution in [2.45, 2.75) is 13.0 Å². The Labute approximate surface area is 146 Å². The molecule has 2 aromatic rings. The normalized spacial score (nSPS) is 13.6. The molecule has 4 heteroatoms. The summed E-state index contributed by atoms with van der Waals surface area (Å²) in [5.74, 6) is 0.332. The lowest BCUT2D eigenvalue weighted by Gasteiger charge is -2.25. The van der Waals surface area contributed by atoms with Crippen molar-refractivity contribution in [2.75, 3.05) is 18.6 Å². The summed E-state index contributed by atoms with van der Waals surface area (Å²) in [7, 11) is 0.566. The van der Waals surface area contributed by atoms with E-state index in [1.165, 1.54) is 0 Å². The van der Waals surface area contributed by atoms with Crippen LogP contribution in [0.2, 0.25) is 0 Å². The minimum Gasteiger partial charge on any atom is -0.338 e. The summed E-state index contributed by atoms with van der Waals surface area (Å²) in [4.78, 5) is 14.0. The molecule has 0 aromatic heterocycles. The van der Waals surface area contributed by atoms with E-state index < -0.39 is 10.8 Å². The fraction of sp³-hybridized carbons (Fsp3) is 0.250. The van der Waals surface area contributed by atoms with Gasteiger partial charge < -0.3 is 4.90 Å². The van der Waals surface area contributed by atoms with Gasteiger partial charge in [-0.15, -0.1) is 0 Å². The van der Waals surface area contributed by atoms with Crippen LogP contribution < -0.4 is 0 Å². The molecule has 1 amide bonds. The Bertz CT molecular complexity index is 698. The van der Waals surface area contributed by atoms with Gasteiger partial charge in [0.1, 0.15) is 5.75 Å². The molecule has 0 heterocycles. The van der Waals surface area contributed by atoms with Crippen molar-refractivity contribution in [3.05, 3.63) is 77.9 Å². The predicted octanol–water partition coefficient (Wildman–Crippen LogP) is 3.67. The third-order valence-electron chi connectivity index (χ3n) is 3.93. The zero-order valence-corrected chi connectivity index (χ0v) is 14.9. The average molecular weight is 341 g/mol. The first kappa shape index (κ1) is 18.1. The summed E-state index contributed by atoms with van der Waals surface area (Å²) >= 11 is 0. The molecule has 0 aliphatic carbocycles. The van der Waals surface area contributed by atoms with Crippen LogP contribution in [0.15, 0.2) is 66.7 Å². The highest BCUT2D eigenvalue weighted by Crippen LogP contribution is 2.18. The number of benzene rings is 2. The quantitative estimate of drug-likeness (QED) is 0.770. The molecule has 0 saturated carbocycles. The Hall–Kier alpha value is -2.20. The molecule has 2 unspecified atom stereocenters. The van der Waals surface area contributed by atoms with Crippen LogP contribution in [0, 0.1) is 0 Å². The summed E-state index contributed by atoms with van der Waals surface area (Å²) in [5, 5.41) is 0. The lowest BCUT2D eigenvalue weighted by Crippen LogP contribution is -2.33. The van der Waals surface area contributed by atoms with Crippen molar-refractivity contribution in [1.82, 2.24) is 4.90 Å². The van der Waals surface area contributed by atoms with E-state index in [4.69, 9.17) is 0 Å².